The number of nitrogens with zero attached hydrogens (tertiary/aromatic N) is 2. The number of pyridine rings is 1. The van der Waals surface area contributed by atoms with Crippen LogP contribution in [-0.4, -0.2) is 43.1 Å². The van der Waals surface area contributed by atoms with Crippen molar-refractivity contribution in [2.45, 2.75) is 29.1 Å². The van der Waals surface area contributed by atoms with Crippen molar-refractivity contribution in [1.82, 2.24) is 9.29 Å². The van der Waals surface area contributed by atoms with Crippen molar-refractivity contribution in [2.24, 2.45) is 0 Å². The minimum atomic E-state index is -3.42. The number of hydrogen-bond donors (Lipinski definition) is 1. The van der Waals surface area contributed by atoms with E-state index in [2.05, 4.69) is 10.3 Å². The fourth-order valence-electron chi connectivity index (χ4n) is 2.77. The lowest BCUT2D eigenvalue weighted by atomic mass is 10.2. The van der Waals surface area contributed by atoms with Gasteiger partial charge in [0.2, 0.25) is 10.0 Å². The van der Waals surface area contributed by atoms with Gasteiger partial charge in [0, 0.05) is 41.5 Å². The molecule has 1 aliphatic heterocycles. The third-order valence-corrected chi connectivity index (χ3v) is 7.33. The molecule has 3 rings (SSSR count). The van der Waals surface area contributed by atoms with Crippen LogP contribution in [0.25, 0.3) is 0 Å². The van der Waals surface area contributed by atoms with E-state index < -0.39 is 10.0 Å². The molecule has 0 saturated carbocycles. The number of piperidine rings is 1. The first-order chi connectivity index (χ1) is 12.6. The summed E-state index contributed by atoms with van der Waals surface area (Å²) in [6.45, 7) is 1.94. The van der Waals surface area contributed by atoms with Crippen LogP contribution in [0.5, 0.6) is 0 Å². The van der Waals surface area contributed by atoms with E-state index in [0.29, 0.717) is 18.9 Å². The Morgan fingerprint density at radius 1 is 1.08 bits per heavy atom. The smallest absolute Gasteiger partial charge is 0.244 e. The highest BCUT2D eigenvalue weighted by Crippen LogP contribution is 2.22. The van der Waals surface area contributed by atoms with E-state index in [1.54, 1.807) is 28.2 Å². The van der Waals surface area contributed by atoms with Gasteiger partial charge >= 0.3 is 0 Å². The van der Waals surface area contributed by atoms with Crippen molar-refractivity contribution >= 4 is 39.2 Å². The van der Waals surface area contributed by atoms with Gasteiger partial charge in [-0.15, -0.1) is 11.8 Å². The molecule has 140 valence electrons. The molecule has 0 atom stereocenters. The summed E-state index contributed by atoms with van der Waals surface area (Å²) >= 11 is 7.59. The van der Waals surface area contributed by atoms with Crippen LogP contribution in [0.15, 0.2) is 52.4 Å². The molecule has 2 aromatic rings. The molecule has 0 bridgehead atoms. The van der Waals surface area contributed by atoms with Crippen LogP contribution in [0.4, 0.5) is 5.82 Å². The molecular formula is C18H22ClN3O2S2. The second kappa shape index (κ2) is 9.08. The Bertz CT molecular complexity index is 805. The summed E-state index contributed by atoms with van der Waals surface area (Å²) in [5.74, 6) is 1.55. The summed E-state index contributed by atoms with van der Waals surface area (Å²) in [7, 11) is -3.42. The average molecular weight is 412 g/mol. The summed E-state index contributed by atoms with van der Waals surface area (Å²) in [4.78, 5) is 5.68. The summed E-state index contributed by atoms with van der Waals surface area (Å²) in [5.41, 5.74) is 0. The second-order valence-corrected chi connectivity index (χ2v) is 9.62. The molecule has 0 radical (unpaired) electrons. The van der Waals surface area contributed by atoms with E-state index in [1.807, 2.05) is 24.3 Å². The van der Waals surface area contributed by atoms with Crippen molar-refractivity contribution in [3.8, 4) is 0 Å². The van der Waals surface area contributed by atoms with Crippen molar-refractivity contribution in [3.63, 3.8) is 0 Å². The third-order valence-electron chi connectivity index (χ3n) is 4.18. The maximum atomic E-state index is 12.6. The molecular weight excluding hydrogens is 390 g/mol. The van der Waals surface area contributed by atoms with Gasteiger partial charge < -0.3 is 5.32 Å². The summed E-state index contributed by atoms with van der Waals surface area (Å²) in [6, 6.07) is 11.1. The van der Waals surface area contributed by atoms with Crippen LogP contribution in [0.2, 0.25) is 5.02 Å². The molecule has 1 aromatic carbocycles. The minimum absolute atomic E-state index is 0.264. The molecule has 1 saturated heterocycles. The number of sulfonamides is 1. The van der Waals surface area contributed by atoms with Gasteiger partial charge in [-0.3, -0.25) is 0 Å². The Morgan fingerprint density at radius 3 is 2.46 bits per heavy atom. The van der Waals surface area contributed by atoms with E-state index in [0.717, 1.165) is 41.5 Å². The number of halogens is 1. The highest BCUT2D eigenvalue weighted by atomic mass is 35.5. The summed E-state index contributed by atoms with van der Waals surface area (Å²) in [5, 5.41) is 3.95. The second-order valence-electron chi connectivity index (χ2n) is 6.07. The van der Waals surface area contributed by atoms with Gasteiger partial charge in [-0.1, -0.05) is 18.0 Å². The number of anilines is 1. The number of nitrogens with one attached hydrogen (secondary N) is 1. The van der Waals surface area contributed by atoms with Crippen molar-refractivity contribution in [2.75, 3.05) is 30.7 Å². The van der Waals surface area contributed by atoms with E-state index in [-0.39, 0.29) is 4.90 Å². The lowest BCUT2D eigenvalue weighted by molar-refractivity contribution is 0.346. The average Bonchev–Trinajstić information content (AvgIpc) is 2.68. The molecule has 1 aromatic heterocycles. The number of thioether (sulfide) groups is 1. The zero-order valence-electron chi connectivity index (χ0n) is 14.4. The first kappa shape index (κ1) is 19.5. The normalized spacial score (nSPS) is 15.7. The molecule has 5 nitrogen and oxygen atoms in total. The maximum absolute atomic E-state index is 12.6. The molecule has 1 N–H and O–H groups in total. The molecule has 0 unspecified atom stereocenters. The van der Waals surface area contributed by atoms with Crippen LogP contribution >= 0.6 is 23.4 Å². The molecule has 1 fully saturated rings. The monoisotopic (exact) mass is 411 g/mol. The van der Waals surface area contributed by atoms with Crippen LogP contribution in [0.3, 0.4) is 0 Å². The molecule has 1 aliphatic rings. The SMILES string of the molecule is O=S(=O)(c1ccc(NCCSc2ccc(Cl)cc2)nc1)N1CCCCC1. The molecule has 2 heterocycles. The Labute approximate surface area is 164 Å². The highest BCUT2D eigenvalue weighted by molar-refractivity contribution is 7.99. The first-order valence-corrected chi connectivity index (χ1v) is 11.4. The fraction of sp³-hybridized carbons (Fsp3) is 0.389. The molecule has 8 heteroatoms. The Balaban J connectivity index is 1.50. The molecule has 0 spiro atoms. The maximum Gasteiger partial charge on any atom is 0.244 e. The topological polar surface area (TPSA) is 62.3 Å². The van der Waals surface area contributed by atoms with Gasteiger partial charge in [0.05, 0.1) is 0 Å². The zero-order valence-corrected chi connectivity index (χ0v) is 16.8. The largest absolute Gasteiger partial charge is 0.369 e. The lowest BCUT2D eigenvalue weighted by Crippen LogP contribution is -2.35. The van der Waals surface area contributed by atoms with Gasteiger partial charge in [-0.05, 0) is 49.2 Å². The van der Waals surface area contributed by atoms with E-state index in [9.17, 15) is 8.42 Å². The fourth-order valence-corrected chi connectivity index (χ4v) is 5.13. The standard InChI is InChI=1S/C18H22ClN3O2S2/c19-15-4-6-16(7-5-15)25-13-10-20-18-9-8-17(14-21-18)26(23,24)22-11-2-1-3-12-22/h4-9,14H,1-3,10-13H2,(H,20,21). The van der Waals surface area contributed by atoms with Crippen molar-refractivity contribution < 1.29 is 8.42 Å². The van der Waals surface area contributed by atoms with Gasteiger partial charge in [0.1, 0.15) is 10.7 Å². The Kier molecular flexibility index (Phi) is 6.80. The quantitative estimate of drug-likeness (QED) is 0.548. The Morgan fingerprint density at radius 2 is 1.81 bits per heavy atom. The van der Waals surface area contributed by atoms with Crippen LogP contribution in [0.1, 0.15) is 19.3 Å². The van der Waals surface area contributed by atoms with Gasteiger partial charge in [0.15, 0.2) is 0 Å². The van der Waals surface area contributed by atoms with E-state index in [4.69, 9.17) is 11.6 Å². The lowest BCUT2D eigenvalue weighted by Gasteiger charge is -2.25. The molecule has 26 heavy (non-hydrogen) atoms. The van der Waals surface area contributed by atoms with Gasteiger partial charge in [0.25, 0.3) is 0 Å². The third kappa shape index (κ3) is 5.13. The van der Waals surface area contributed by atoms with E-state index in [1.165, 1.54) is 6.20 Å². The van der Waals surface area contributed by atoms with Crippen LogP contribution in [0, 0.1) is 0 Å². The van der Waals surface area contributed by atoms with E-state index >= 15 is 0 Å². The Hall–Kier alpha value is -1.28. The predicted octanol–water partition coefficient (Wildman–Crippen LogP) is 4.11. The number of aromatic nitrogens is 1. The highest BCUT2D eigenvalue weighted by Gasteiger charge is 2.25. The van der Waals surface area contributed by atoms with Crippen molar-refractivity contribution in [1.29, 1.82) is 0 Å². The van der Waals surface area contributed by atoms with Gasteiger partial charge in [-0.2, -0.15) is 4.31 Å². The molecule has 0 aliphatic carbocycles. The van der Waals surface area contributed by atoms with Crippen molar-refractivity contribution in [3.05, 3.63) is 47.6 Å². The number of hydrogen-bond acceptors (Lipinski definition) is 5. The predicted molar refractivity (Wildman–Crippen MR) is 108 cm³/mol. The van der Waals surface area contributed by atoms with Crippen LogP contribution in [-0.2, 0) is 10.0 Å². The molecule has 0 amide bonds. The van der Waals surface area contributed by atoms with Gasteiger partial charge in [-0.25, -0.2) is 13.4 Å². The van der Waals surface area contributed by atoms with Crippen LogP contribution < -0.4 is 5.32 Å². The minimum Gasteiger partial charge on any atom is -0.369 e. The number of rotatable bonds is 7. The zero-order chi connectivity index (χ0) is 18.4. The summed E-state index contributed by atoms with van der Waals surface area (Å²) < 4.78 is 26.7. The number of benzene rings is 1. The summed E-state index contributed by atoms with van der Waals surface area (Å²) in [6.07, 6.45) is 4.40. The first-order valence-electron chi connectivity index (χ1n) is 8.64.